The summed E-state index contributed by atoms with van der Waals surface area (Å²) in [6.45, 7) is 1.93. The van der Waals surface area contributed by atoms with Gasteiger partial charge in [0.15, 0.2) is 0 Å². The van der Waals surface area contributed by atoms with Crippen LogP contribution in [0.5, 0.6) is 11.5 Å². The van der Waals surface area contributed by atoms with E-state index in [4.69, 9.17) is 14.2 Å². The Bertz CT molecular complexity index is 1020. The lowest BCUT2D eigenvalue weighted by Gasteiger charge is -2.06. The molecule has 0 radical (unpaired) electrons. The van der Waals surface area contributed by atoms with Gasteiger partial charge < -0.3 is 19.3 Å². The van der Waals surface area contributed by atoms with Crippen molar-refractivity contribution in [3.63, 3.8) is 0 Å². The Balaban J connectivity index is 2.08. The molecular formula is C22H21NO5S. The van der Waals surface area contributed by atoms with Gasteiger partial charge in [-0.3, -0.25) is 0 Å². The van der Waals surface area contributed by atoms with Crippen molar-refractivity contribution in [3.05, 3.63) is 69.8 Å². The number of aryl methyl sites for hydroxylation is 1. The van der Waals surface area contributed by atoms with Crippen molar-refractivity contribution in [2.75, 3.05) is 21.3 Å². The number of hydrogen-bond donors (Lipinski definition) is 1. The van der Waals surface area contributed by atoms with E-state index in [2.05, 4.69) is 4.99 Å². The van der Waals surface area contributed by atoms with E-state index in [0.29, 0.717) is 27.1 Å². The van der Waals surface area contributed by atoms with Crippen molar-refractivity contribution in [2.24, 2.45) is 4.99 Å². The van der Waals surface area contributed by atoms with Crippen LogP contribution < -0.4 is 9.47 Å². The minimum Gasteiger partial charge on any atom is -0.506 e. The molecule has 0 unspecified atom stereocenters. The van der Waals surface area contributed by atoms with Gasteiger partial charge in [-0.05, 0) is 42.3 Å². The minimum absolute atomic E-state index is 0.0434. The third kappa shape index (κ3) is 4.46. The van der Waals surface area contributed by atoms with Crippen molar-refractivity contribution < 1.29 is 24.1 Å². The Hall–Kier alpha value is -3.19. The molecule has 0 atom stereocenters. The largest absolute Gasteiger partial charge is 0.506 e. The van der Waals surface area contributed by atoms with Crippen molar-refractivity contribution in [1.29, 1.82) is 0 Å². The molecule has 7 heteroatoms. The summed E-state index contributed by atoms with van der Waals surface area (Å²) in [6, 6.07) is 12.9. The summed E-state index contributed by atoms with van der Waals surface area (Å²) in [6.07, 6.45) is 1.74. The maximum Gasteiger partial charge on any atom is 0.344 e. The number of esters is 1. The number of nitrogens with zero attached hydrogens (tertiary/aromatic N) is 1. The van der Waals surface area contributed by atoms with Crippen LogP contribution >= 0.6 is 11.8 Å². The van der Waals surface area contributed by atoms with E-state index in [1.54, 1.807) is 38.5 Å². The van der Waals surface area contributed by atoms with E-state index >= 15 is 0 Å². The quantitative estimate of drug-likeness (QED) is 0.711. The first kappa shape index (κ1) is 20.5. The van der Waals surface area contributed by atoms with Crippen LogP contribution in [0.2, 0.25) is 0 Å². The molecule has 29 heavy (non-hydrogen) atoms. The Labute approximate surface area is 173 Å². The summed E-state index contributed by atoms with van der Waals surface area (Å²) < 4.78 is 15.4. The maximum atomic E-state index is 12.3. The summed E-state index contributed by atoms with van der Waals surface area (Å²) in [5, 5.41) is 11.1. The standard InChI is InChI=1S/C22H21NO5S/c1-13-7-5-6-8-17(13)23-21-19(22(25)28-4)20(24)18(29-21)11-14-9-15(26-2)12-16(10-14)27-3/h5-12,24H,1-4H3/b18-11+,23-21?. The number of para-hydroxylation sites is 1. The molecular weight excluding hydrogens is 390 g/mol. The zero-order valence-corrected chi connectivity index (χ0v) is 17.4. The van der Waals surface area contributed by atoms with Crippen LogP contribution in [0.15, 0.2) is 63.7 Å². The minimum atomic E-state index is -0.644. The molecule has 1 aliphatic heterocycles. The summed E-state index contributed by atoms with van der Waals surface area (Å²) in [4.78, 5) is 17.4. The SMILES string of the molecule is COC(=O)C1=C(O)/C(=C\c2cc(OC)cc(OC)c2)SC1=Nc1ccccc1C. The fraction of sp³-hybridized carbons (Fsp3) is 0.182. The van der Waals surface area contributed by atoms with Gasteiger partial charge in [-0.25, -0.2) is 9.79 Å². The number of aliphatic hydroxyl groups is 1. The number of thioether (sulfide) groups is 1. The normalized spacial score (nSPS) is 16.4. The number of ether oxygens (including phenoxy) is 3. The Morgan fingerprint density at radius 1 is 1.07 bits per heavy atom. The highest BCUT2D eigenvalue weighted by Gasteiger charge is 2.33. The summed E-state index contributed by atoms with van der Waals surface area (Å²) in [5.41, 5.74) is 2.46. The van der Waals surface area contributed by atoms with Gasteiger partial charge >= 0.3 is 5.97 Å². The Morgan fingerprint density at radius 2 is 1.72 bits per heavy atom. The van der Waals surface area contributed by atoms with Gasteiger partial charge in [-0.1, -0.05) is 30.0 Å². The monoisotopic (exact) mass is 411 g/mol. The van der Waals surface area contributed by atoms with Crippen LogP contribution in [0.25, 0.3) is 6.08 Å². The van der Waals surface area contributed by atoms with Crippen molar-refractivity contribution in [2.45, 2.75) is 6.92 Å². The molecule has 3 rings (SSSR count). The Morgan fingerprint density at radius 3 is 2.31 bits per heavy atom. The van der Waals surface area contributed by atoms with E-state index in [-0.39, 0.29) is 11.3 Å². The first-order valence-corrected chi connectivity index (χ1v) is 9.57. The average Bonchev–Trinajstić information content (AvgIpc) is 3.03. The number of benzene rings is 2. The highest BCUT2D eigenvalue weighted by Crippen LogP contribution is 2.41. The van der Waals surface area contributed by atoms with Crippen LogP contribution in [-0.2, 0) is 9.53 Å². The number of aliphatic hydroxyl groups excluding tert-OH is 1. The van der Waals surface area contributed by atoms with Crippen LogP contribution in [0, 0.1) is 6.92 Å². The van der Waals surface area contributed by atoms with Gasteiger partial charge in [-0.2, -0.15) is 0 Å². The third-order valence-corrected chi connectivity index (χ3v) is 5.31. The maximum absolute atomic E-state index is 12.3. The zero-order chi connectivity index (χ0) is 21.0. The third-order valence-electron chi connectivity index (χ3n) is 4.29. The first-order chi connectivity index (χ1) is 14.0. The van der Waals surface area contributed by atoms with Gasteiger partial charge in [-0.15, -0.1) is 0 Å². The topological polar surface area (TPSA) is 77.4 Å². The second kappa shape index (κ2) is 8.87. The van der Waals surface area contributed by atoms with Gasteiger partial charge in [0, 0.05) is 6.07 Å². The number of hydrogen-bond acceptors (Lipinski definition) is 7. The molecule has 0 bridgehead atoms. The number of aliphatic imine (C=N–C) groups is 1. The van der Waals surface area contributed by atoms with Gasteiger partial charge in [0.05, 0.1) is 31.9 Å². The lowest BCUT2D eigenvalue weighted by molar-refractivity contribution is -0.135. The van der Waals surface area contributed by atoms with E-state index in [0.717, 1.165) is 11.1 Å². The van der Waals surface area contributed by atoms with Gasteiger partial charge in [0.25, 0.3) is 0 Å². The zero-order valence-electron chi connectivity index (χ0n) is 16.6. The van der Waals surface area contributed by atoms with Crippen molar-refractivity contribution in [3.8, 4) is 11.5 Å². The molecule has 0 aromatic heterocycles. The summed E-state index contributed by atoms with van der Waals surface area (Å²) in [5.74, 6) is 0.416. The molecule has 0 aliphatic carbocycles. The fourth-order valence-electron chi connectivity index (χ4n) is 2.75. The molecule has 2 aromatic carbocycles. The molecule has 0 amide bonds. The lowest BCUT2D eigenvalue weighted by atomic mass is 10.1. The summed E-state index contributed by atoms with van der Waals surface area (Å²) in [7, 11) is 4.40. The molecule has 2 aromatic rings. The number of methoxy groups -OCH3 is 3. The number of carbonyl (C=O) groups excluding carboxylic acids is 1. The van der Waals surface area contributed by atoms with Crippen LogP contribution in [0.4, 0.5) is 5.69 Å². The van der Waals surface area contributed by atoms with Gasteiger partial charge in [0.1, 0.15) is 27.9 Å². The fourth-order valence-corrected chi connectivity index (χ4v) is 3.78. The van der Waals surface area contributed by atoms with Crippen molar-refractivity contribution >= 4 is 34.5 Å². The van der Waals surface area contributed by atoms with Crippen LogP contribution in [-0.4, -0.2) is 37.4 Å². The molecule has 1 heterocycles. The molecule has 1 N–H and O–H groups in total. The molecule has 150 valence electrons. The smallest absolute Gasteiger partial charge is 0.344 e. The van der Waals surface area contributed by atoms with E-state index in [9.17, 15) is 9.90 Å². The predicted molar refractivity (Wildman–Crippen MR) is 115 cm³/mol. The summed E-state index contributed by atoms with van der Waals surface area (Å²) >= 11 is 1.20. The molecule has 1 aliphatic rings. The molecule has 0 saturated heterocycles. The number of rotatable bonds is 5. The second-order valence-corrected chi connectivity index (χ2v) is 7.21. The molecule has 0 fully saturated rings. The first-order valence-electron chi connectivity index (χ1n) is 8.76. The van der Waals surface area contributed by atoms with E-state index in [1.165, 1.54) is 18.9 Å². The van der Waals surface area contributed by atoms with Gasteiger partial charge in [0.2, 0.25) is 0 Å². The second-order valence-electron chi connectivity index (χ2n) is 6.18. The Kier molecular flexibility index (Phi) is 6.29. The number of carbonyl (C=O) groups is 1. The van der Waals surface area contributed by atoms with Crippen LogP contribution in [0.3, 0.4) is 0 Å². The van der Waals surface area contributed by atoms with E-state index in [1.807, 2.05) is 31.2 Å². The van der Waals surface area contributed by atoms with Crippen molar-refractivity contribution in [1.82, 2.24) is 0 Å². The highest BCUT2D eigenvalue weighted by atomic mass is 32.2. The van der Waals surface area contributed by atoms with E-state index < -0.39 is 5.97 Å². The predicted octanol–water partition coefficient (Wildman–Crippen LogP) is 4.82. The van der Waals surface area contributed by atoms with Crippen LogP contribution in [0.1, 0.15) is 11.1 Å². The molecule has 0 spiro atoms. The highest BCUT2D eigenvalue weighted by molar-refractivity contribution is 8.18. The average molecular weight is 411 g/mol. The molecule has 0 saturated carbocycles. The molecule has 6 nitrogen and oxygen atoms in total. The lowest BCUT2D eigenvalue weighted by Crippen LogP contribution is -2.10.